The summed E-state index contributed by atoms with van der Waals surface area (Å²) in [6.45, 7) is 6.05. The standard InChI is InChI=1S/C9H14.2Rb/c1-8(2)9-6-4-3-5-7-9;;/h3,6,9H,1,4-5,7H2,2H3;;/q-2;2*+1. The van der Waals surface area contributed by atoms with Crippen molar-refractivity contribution in [3.8, 4) is 0 Å². The predicted octanol–water partition coefficient (Wildman–Crippen LogP) is -3.22. The Kier molecular flexibility index (Phi) is 15.1. The van der Waals surface area contributed by atoms with Gasteiger partial charge in [-0.3, -0.25) is 0 Å². The van der Waals surface area contributed by atoms with Crippen LogP contribution in [0.5, 0.6) is 0 Å². The summed E-state index contributed by atoms with van der Waals surface area (Å²) < 4.78 is 0. The first-order valence-electron chi connectivity index (χ1n) is 3.61. The number of hydrogen-bond donors (Lipinski definition) is 0. The van der Waals surface area contributed by atoms with Crippen LogP contribution >= 0.6 is 0 Å². The molecule has 52 valence electrons. The van der Waals surface area contributed by atoms with Crippen LogP contribution in [-0.2, 0) is 0 Å². The van der Waals surface area contributed by atoms with E-state index >= 15 is 0 Å². The van der Waals surface area contributed by atoms with Crippen LogP contribution in [0.15, 0.2) is 12.2 Å². The van der Waals surface area contributed by atoms with E-state index in [0.29, 0.717) is 5.92 Å². The quantitative estimate of drug-likeness (QED) is 0.352. The van der Waals surface area contributed by atoms with Crippen LogP contribution in [0, 0.1) is 18.8 Å². The van der Waals surface area contributed by atoms with E-state index in [1.807, 2.05) is 0 Å². The van der Waals surface area contributed by atoms with Crippen LogP contribution < -0.4 is 116 Å². The van der Waals surface area contributed by atoms with E-state index < -0.39 is 0 Å². The van der Waals surface area contributed by atoms with Gasteiger partial charge in [-0.25, -0.2) is 0 Å². The largest absolute Gasteiger partial charge is 1.00 e. The Balaban J connectivity index is 0. The third kappa shape index (κ3) is 7.30. The van der Waals surface area contributed by atoms with Crippen LogP contribution in [0.1, 0.15) is 26.2 Å². The van der Waals surface area contributed by atoms with Gasteiger partial charge in [0.05, 0.1) is 0 Å². The predicted molar refractivity (Wildman–Crippen MR) is 40.8 cm³/mol. The molecule has 0 radical (unpaired) electrons. The fourth-order valence-corrected chi connectivity index (χ4v) is 1.24. The van der Waals surface area contributed by atoms with E-state index in [9.17, 15) is 0 Å². The van der Waals surface area contributed by atoms with Gasteiger partial charge in [0, 0.05) is 0 Å². The molecular formula is C9H14Rb2. The Labute approximate surface area is 169 Å². The number of hydrogen-bond acceptors (Lipinski definition) is 0. The monoisotopic (exact) mass is 292 g/mol. The molecule has 0 bridgehead atoms. The molecule has 0 nitrogen and oxygen atoms in total. The molecule has 0 amide bonds. The summed E-state index contributed by atoms with van der Waals surface area (Å²) >= 11 is 0. The molecule has 1 saturated carbocycles. The summed E-state index contributed by atoms with van der Waals surface area (Å²) in [6.07, 6.45) is 8.42. The molecule has 0 aliphatic heterocycles. The van der Waals surface area contributed by atoms with Crippen molar-refractivity contribution in [3.63, 3.8) is 0 Å². The molecule has 1 rings (SSSR count). The summed E-state index contributed by atoms with van der Waals surface area (Å²) in [5.74, 6) is 0.704. The van der Waals surface area contributed by atoms with Crippen molar-refractivity contribution in [2.45, 2.75) is 26.2 Å². The third-order valence-electron chi connectivity index (χ3n) is 1.90. The first-order valence-corrected chi connectivity index (χ1v) is 3.61. The molecule has 0 N–H and O–H groups in total. The molecule has 1 atom stereocenters. The maximum Gasteiger partial charge on any atom is 1.00 e. The summed E-state index contributed by atoms with van der Waals surface area (Å²) in [6, 6.07) is 0. The zero-order valence-corrected chi connectivity index (χ0v) is 17.9. The second-order valence-corrected chi connectivity index (χ2v) is 2.79. The van der Waals surface area contributed by atoms with E-state index in [1.165, 1.54) is 24.8 Å². The van der Waals surface area contributed by atoms with E-state index in [1.54, 1.807) is 0 Å². The minimum Gasteiger partial charge on any atom is -0.357 e. The van der Waals surface area contributed by atoms with Gasteiger partial charge in [-0.2, -0.15) is 12.3 Å². The van der Waals surface area contributed by atoms with E-state index in [4.69, 9.17) is 0 Å². The second kappa shape index (κ2) is 9.89. The molecule has 0 saturated heterocycles. The first-order chi connectivity index (χ1) is 4.30. The van der Waals surface area contributed by atoms with Crippen molar-refractivity contribution in [1.29, 1.82) is 0 Å². The van der Waals surface area contributed by atoms with Crippen molar-refractivity contribution in [3.05, 3.63) is 25.0 Å². The summed E-state index contributed by atoms with van der Waals surface area (Å²) in [4.78, 5) is 0. The van der Waals surface area contributed by atoms with Gasteiger partial charge >= 0.3 is 116 Å². The Bertz CT molecular complexity index is 104. The molecule has 1 fully saturated rings. The van der Waals surface area contributed by atoms with Crippen molar-refractivity contribution in [1.82, 2.24) is 0 Å². The average Bonchev–Trinajstić information content (AvgIpc) is 1.90. The third-order valence-corrected chi connectivity index (χ3v) is 1.90. The molecule has 1 aliphatic carbocycles. The minimum absolute atomic E-state index is 0. The van der Waals surface area contributed by atoms with E-state index in [-0.39, 0.29) is 116 Å². The molecule has 0 spiro atoms. The molecule has 0 heterocycles. The van der Waals surface area contributed by atoms with Gasteiger partial charge in [-0.05, 0) is 6.92 Å². The van der Waals surface area contributed by atoms with Gasteiger partial charge in [0.1, 0.15) is 0 Å². The summed E-state index contributed by atoms with van der Waals surface area (Å²) in [5, 5.41) is 0. The molecule has 1 unspecified atom stereocenters. The summed E-state index contributed by atoms with van der Waals surface area (Å²) in [5.41, 5.74) is 1.32. The Morgan fingerprint density at radius 3 is 2.36 bits per heavy atom. The molecule has 0 aromatic rings. The fourth-order valence-electron chi connectivity index (χ4n) is 1.24. The number of rotatable bonds is 1. The Morgan fingerprint density at radius 2 is 2.09 bits per heavy atom. The van der Waals surface area contributed by atoms with Crippen LogP contribution in [0.3, 0.4) is 0 Å². The fraction of sp³-hybridized carbons (Fsp3) is 0.556. The first kappa shape index (κ1) is 16.8. The zero-order valence-electron chi connectivity index (χ0n) is 8.06. The van der Waals surface area contributed by atoms with Crippen molar-refractivity contribution < 1.29 is 116 Å². The molecule has 1 aliphatic rings. The topological polar surface area (TPSA) is 0 Å². The smallest absolute Gasteiger partial charge is 0.357 e. The van der Waals surface area contributed by atoms with Crippen LogP contribution in [0.25, 0.3) is 0 Å². The Hall–Kier alpha value is 3.35. The van der Waals surface area contributed by atoms with E-state index in [0.717, 1.165) is 0 Å². The van der Waals surface area contributed by atoms with Gasteiger partial charge in [0.2, 0.25) is 0 Å². The Morgan fingerprint density at radius 1 is 1.45 bits per heavy atom. The molecule has 11 heavy (non-hydrogen) atoms. The minimum atomic E-state index is 0. The van der Waals surface area contributed by atoms with Gasteiger partial charge in [0.25, 0.3) is 0 Å². The molecule has 0 aromatic carbocycles. The maximum atomic E-state index is 3.93. The van der Waals surface area contributed by atoms with Crippen molar-refractivity contribution >= 4 is 0 Å². The maximum absolute atomic E-state index is 3.93. The normalized spacial score (nSPS) is 22.8. The average molecular weight is 293 g/mol. The zero-order chi connectivity index (χ0) is 6.69. The van der Waals surface area contributed by atoms with Gasteiger partial charge < -0.3 is 19.3 Å². The molecular weight excluding hydrogens is 279 g/mol. The SMILES string of the molecule is C=C(C)C1[CH-]C[CH-]CC1.[Rb+].[Rb+]. The van der Waals surface area contributed by atoms with Crippen molar-refractivity contribution in [2.75, 3.05) is 0 Å². The molecule has 2 heteroatoms. The van der Waals surface area contributed by atoms with Crippen LogP contribution in [0.4, 0.5) is 0 Å². The number of allylic oxidation sites excluding steroid dienone is 1. The van der Waals surface area contributed by atoms with E-state index in [2.05, 4.69) is 26.3 Å². The van der Waals surface area contributed by atoms with Crippen LogP contribution in [-0.4, -0.2) is 0 Å². The van der Waals surface area contributed by atoms with Gasteiger partial charge in [-0.1, -0.05) is 0 Å². The van der Waals surface area contributed by atoms with Gasteiger partial charge in [0.15, 0.2) is 0 Å². The molecule has 0 aromatic heterocycles. The van der Waals surface area contributed by atoms with Gasteiger partial charge in [-0.15, -0.1) is 18.6 Å². The van der Waals surface area contributed by atoms with Crippen LogP contribution in [0.2, 0.25) is 0 Å². The summed E-state index contributed by atoms with van der Waals surface area (Å²) in [7, 11) is 0. The van der Waals surface area contributed by atoms with Crippen molar-refractivity contribution in [2.24, 2.45) is 5.92 Å². The second-order valence-electron chi connectivity index (χ2n) is 2.79.